The van der Waals surface area contributed by atoms with Crippen LogP contribution in [0, 0.1) is 29.5 Å². The third-order valence-corrected chi connectivity index (χ3v) is 10.7. The molecule has 0 heterocycles. The van der Waals surface area contributed by atoms with Crippen LogP contribution >= 0.6 is 0 Å². The number of ether oxygens (including phenoxy) is 1. The quantitative estimate of drug-likeness (QED) is 0.340. The number of rotatable bonds is 6. The highest BCUT2D eigenvalue weighted by molar-refractivity contribution is 7.97. The summed E-state index contributed by atoms with van der Waals surface area (Å²) < 4.78 is 22.1. The summed E-state index contributed by atoms with van der Waals surface area (Å²) in [6.07, 6.45) is 7.43. The molecule has 0 amide bonds. The summed E-state index contributed by atoms with van der Waals surface area (Å²) in [4.78, 5) is 3.58. The lowest BCUT2D eigenvalue weighted by molar-refractivity contribution is -0.159. The van der Waals surface area contributed by atoms with Gasteiger partial charge in [-0.2, -0.15) is 0 Å². The Morgan fingerprint density at radius 2 is 1.30 bits per heavy atom. The number of hydrogen-bond acceptors (Lipinski definition) is 1. The van der Waals surface area contributed by atoms with Crippen molar-refractivity contribution in [2.45, 2.75) is 65.7 Å². The van der Waals surface area contributed by atoms with Crippen LogP contribution in [0.25, 0.3) is 0 Å². The van der Waals surface area contributed by atoms with E-state index >= 15 is 4.39 Å². The Morgan fingerprint density at radius 1 is 0.758 bits per heavy atom. The maximum absolute atomic E-state index is 15.2. The SMILES string of the molecule is CCC1(Oc2cc([S+](c3ccccc3)c3ccccc3)ccc2F)C2CC3CC(C2)CC1C3. The average molecular weight is 460 g/mol. The molecule has 33 heavy (non-hydrogen) atoms. The third-order valence-electron chi connectivity index (χ3n) is 8.47. The molecule has 4 fully saturated rings. The molecule has 4 aliphatic carbocycles. The van der Waals surface area contributed by atoms with Crippen LogP contribution in [0.15, 0.2) is 93.5 Å². The fourth-order valence-corrected chi connectivity index (χ4v) is 9.32. The number of benzene rings is 3. The van der Waals surface area contributed by atoms with Crippen molar-refractivity contribution in [2.75, 3.05) is 0 Å². The fourth-order valence-electron chi connectivity index (χ4n) is 7.21. The average Bonchev–Trinajstić information content (AvgIpc) is 2.84. The first-order valence-electron chi connectivity index (χ1n) is 12.5. The maximum atomic E-state index is 15.2. The summed E-state index contributed by atoms with van der Waals surface area (Å²) in [7, 11) is -0.306. The molecule has 0 aromatic heterocycles. The summed E-state index contributed by atoms with van der Waals surface area (Å²) in [5.74, 6) is 3.10. The van der Waals surface area contributed by atoms with Crippen LogP contribution < -0.4 is 4.74 Å². The van der Waals surface area contributed by atoms with Crippen molar-refractivity contribution in [1.82, 2.24) is 0 Å². The van der Waals surface area contributed by atoms with Gasteiger partial charge >= 0.3 is 0 Å². The maximum Gasteiger partial charge on any atom is 0.170 e. The van der Waals surface area contributed by atoms with Gasteiger partial charge in [0.2, 0.25) is 0 Å². The fraction of sp³-hybridized carbons (Fsp3) is 0.400. The second kappa shape index (κ2) is 8.51. The summed E-state index contributed by atoms with van der Waals surface area (Å²) >= 11 is 0. The molecule has 4 aliphatic rings. The van der Waals surface area contributed by atoms with Gasteiger partial charge in [0.1, 0.15) is 5.60 Å². The summed E-state index contributed by atoms with van der Waals surface area (Å²) in [6.45, 7) is 2.25. The van der Waals surface area contributed by atoms with E-state index < -0.39 is 0 Å². The van der Waals surface area contributed by atoms with Crippen LogP contribution in [0.2, 0.25) is 0 Å². The van der Waals surface area contributed by atoms with Gasteiger partial charge in [0.15, 0.2) is 26.3 Å². The van der Waals surface area contributed by atoms with Gasteiger partial charge in [0, 0.05) is 6.07 Å². The minimum atomic E-state index is -0.306. The number of halogens is 1. The molecular weight excluding hydrogens is 427 g/mol. The highest BCUT2D eigenvalue weighted by atomic mass is 32.2. The zero-order chi connectivity index (χ0) is 22.4. The molecule has 0 radical (unpaired) electrons. The second-order valence-corrected chi connectivity index (χ2v) is 12.3. The van der Waals surface area contributed by atoms with E-state index in [1.54, 1.807) is 6.07 Å². The van der Waals surface area contributed by atoms with E-state index in [1.165, 1.54) is 41.9 Å². The molecule has 7 rings (SSSR count). The lowest BCUT2D eigenvalue weighted by Gasteiger charge is -2.60. The van der Waals surface area contributed by atoms with Gasteiger partial charge in [0.25, 0.3) is 0 Å². The molecule has 0 aliphatic heterocycles. The standard InChI is InChI=1S/C30H32FOS/c1-2-30(23-16-21-15-22(18-23)19-24(30)17-21)32-29-20-27(13-14-28(29)31)33(25-9-5-3-6-10-25)26-11-7-4-8-12-26/h3-14,20-24H,2,15-19H2,1H3/q+1. The van der Waals surface area contributed by atoms with Crippen LogP contribution in [-0.4, -0.2) is 5.60 Å². The van der Waals surface area contributed by atoms with Crippen molar-refractivity contribution >= 4 is 10.9 Å². The van der Waals surface area contributed by atoms with E-state index in [1.807, 2.05) is 24.3 Å². The van der Waals surface area contributed by atoms with Gasteiger partial charge in [-0.1, -0.05) is 43.3 Å². The van der Waals surface area contributed by atoms with Crippen molar-refractivity contribution < 1.29 is 9.13 Å². The topological polar surface area (TPSA) is 9.23 Å². The molecular formula is C30H32FOS+. The van der Waals surface area contributed by atoms with E-state index in [2.05, 4.69) is 55.5 Å². The summed E-state index contributed by atoms with van der Waals surface area (Å²) in [5, 5.41) is 0. The predicted molar refractivity (Wildman–Crippen MR) is 132 cm³/mol. The molecule has 4 bridgehead atoms. The molecule has 170 valence electrons. The Bertz CT molecular complexity index is 1050. The van der Waals surface area contributed by atoms with Crippen molar-refractivity contribution in [3.8, 4) is 5.75 Å². The lowest BCUT2D eigenvalue weighted by Crippen LogP contribution is -2.60. The second-order valence-electron chi connectivity index (χ2n) is 10.2. The molecule has 3 heteroatoms. The molecule has 4 saturated carbocycles. The molecule has 0 spiro atoms. The first-order valence-corrected chi connectivity index (χ1v) is 13.7. The van der Waals surface area contributed by atoms with Crippen molar-refractivity contribution in [2.24, 2.45) is 23.7 Å². The van der Waals surface area contributed by atoms with Gasteiger partial charge in [-0.15, -0.1) is 0 Å². The molecule has 0 saturated heterocycles. The van der Waals surface area contributed by atoms with Gasteiger partial charge < -0.3 is 4.74 Å². The van der Waals surface area contributed by atoms with Crippen LogP contribution in [0.4, 0.5) is 4.39 Å². The predicted octanol–water partition coefficient (Wildman–Crippen LogP) is 7.90. The van der Waals surface area contributed by atoms with Crippen molar-refractivity contribution in [3.05, 3.63) is 84.7 Å². The van der Waals surface area contributed by atoms with E-state index in [9.17, 15) is 0 Å². The first-order chi connectivity index (χ1) is 16.2. The van der Waals surface area contributed by atoms with Gasteiger partial charge in [-0.05, 0) is 98.6 Å². The van der Waals surface area contributed by atoms with Gasteiger partial charge in [0.05, 0.1) is 10.9 Å². The minimum absolute atomic E-state index is 0.203. The van der Waals surface area contributed by atoms with Crippen LogP contribution in [0.5, 0.6) is 5.75 Å². The summed E-state index contributed by atoms with van der Waals surface area (Å²) in [6, 6.07) is 26.7. The van der Waals surface area contributed by atoms with Crippen LogP contribution in [-0.2, 0) is 10.9 Å². The Kier molecular flexibility index (Phi) is 5.49. The molecule has 1 nitrogen and oxygen atoms in total. The highest BCUT2D eigenvalue weighted by Crippen LogP contribution is 2.60. The smallest absolute Gasteiger partial charge is 0.170 e. The van der Waals surface area contributed by atoms with E-state index in [4.69, 9.17) is 4.74 Å². The van der Waals surface area contributed by atoms with E-state index in [0.29, 0.717) is 17.6 Å². The van der Waals surface area contributed by atoms with E-state index in [0.717, 1.165) is 23.2 Å². The lowest BCUT2D eigenvalue weighted by atomic mass is 9.49. The van der Waals surface area contributed by atoms with Crippen molar-refractivity contribution in [3.63, 3.8) is 0 Å². The van der Waals surface area contributed by atoms with Gasteiger partial charge in [-0.3, -0.25) is 0 Å². The first kappa shape index (κ1) is 21.3. The molecule has 3 aromatic rings. The monoisotopic (exact) mass is 459 g/mol. The Hall–Kier alpha value is -2.26. The Balaban J connectivity index is 1.39. The number of hydrogen-bond donors (Lipinski definition) is 0. The van der Waals surface area contributed by atoms with Crippen LogP contribution in [0.3, 0.4) is 0 Å². The molecule has 3 aromatic carbocycles. The largest absolute Gasteiger partial charge is 0.483 e. The van der Waals surface area contributed by atoms with Gasteiger partial charge in [-0.25, -0.2) is 4.39 Å². The summed E-state index contributed by atoms with van der Waals surface area (Å²) in [5.41, 5.74) is -0.203. The zero-order valence-electron chi connectivity index (χ0n) is 19.3. The molecule has 0 N–H and O–H groups in total. The molecule has 0 unspecified atom stereocenters. The Morgan fingerprint density at radius 3 is 1.82 bits per heavy atom. The zero-order valence-corrected chi connectivity index (χ0v) is 20.1. The Labute approximate surface area is 199 Å². The van der Waals surface area contributed by atoms with Crippen LogP contribution in [0.1, 0.15) is 45.4 Å². The third kappa shape index (κ3) is 3.69. The highest BCUT2D eigenvalue weighted by Gasteiger charge is 2.58. The van der Waals surface area contributed by atoms with Crippen molar-refractivity contribution in [1.29, 1.82) is 0 Å². The normalized spacial score (nSPS) is 30.0. The minimum Gasteiger partial charge on any atom is -0.483 e. The molecule has 0 atom stereocenters. The van der Waals surface area contributed by atoms with E-state index in [-0.39, 0.29) is 22.3 Å².